The van der Waals surface area contributed by atoms with E-state index in [4.69, 9.17) is 9.72 Å². The molecule has 162 valence electrons. The number of anilines is 1. The van der Waals surface area contributed by atoms with Gasteiger partial charge in [0.15, 0.2) is 5.82 Å². The summed E-state index contributed by atoms with van der Waals surface area (Å²) in [5.41, 5.74) is 5.85. The van der Waals surface area contributed by atoms with Crippen molar-refractivity contribution in [2.24, 2.45) is 0 Å². The van der Waals surface area contributed by atoms with E-state index in [9.17, 15) is 4.39 Å². The molecule has 6 heteroatoms. The number of aryl methyl sites for hydroxylation is 1. The van der Waals surface area contributed by atoms with Crippen molar-refractivity contribution in [1.82, 2.24) is 9.55 Å². The van der Waals surface area contributed by atoms with Gasteiger partial charge in [-0.05, 0) is 60.9 Å². The summed E-state index contributed by atoms with van der Waals surface area (Å²) in [5.74, 6) is 1.55. The van der Waals surface area contributed by atoms with Gasteiger partial charge in [-0.1, -0.05) is 24.3 Å². The van der Waals surface area contributed by atoms with Crippen LogP contribution in [0.25, 0.3) is 10.9 Å². The molecule has 0 unspecified atom stereocenters. The Morgan fingerprint density at radius 3 is 2.26 bits per heavy atom. The van der Waals surface area contributed by atoms with Crippen molar-refractivity contribution in [3.63, 3.8) is 0 Å². The fourth-order valence-corrected chi connectivity index (χ4v) is 3.91. The third-order valence-electron chi connectivity index (χ3n) is 5.72. The van der Waals surface area contributed by atoms with Crippen LogP contribution < -0.4 is 9.64 Å². The van der Waals surface area contributed by atoms with Gasteiger partial charge in [-0.25, -0.2) is 9.37 Å². The second-order valence-corrected chi connectivity index (χ2v) is 7.66. The third kappa shape index (κ3) is 4.52. The van der Waals surface area contributed by atoms with E-state index in [0.717, 1.165) is 29.2 Å². The van der Waals surface area contributed by atoms with Crippen LogP contribution in [0, 0.1) is 19.7 Å². The number of methoxy groups -OCH3 is 1. The van der Waals surface area contributed by atoms with Gasteiger partial charge in [0.2, 0.25) is 0 Å². The number of hydrogen-bond acceptors (Lipinski definition) is 3. The van der Waals surface area contributed by atoms with Gasteiger partial charge < -0.3 is 14.2 Å². The number of nitrogens with zero attached hydrogens (tertiary/aromatic N) is 3. The number of pyridine rings is 1. The largest absolute Gasteiger partial charge is 0.497 e. The SMILES string of the molecule is COc1ccc(Cn2c(C)c(C)c3ccnc(N(C)Cc4ccc(F)cc4)c32)cc1.Cl. The van der Waals surface area contributed by atoms with Gasteiger partial charge in [-0.15, -0.1) is 12.4 Å². The smallest absolute Gasteiger partial charge is 0.153 e. The Labute approximate surface area is 188 Å². The Hall–Kier alpha value is -3.05. The quantitative estimate of drug-likeness (QED) is 0.374. The predicted octanol–water partition coefficient (Wildman–Crippen LogP) is 5.91. The van der Waals surface area contributed by atoms with Crippen LogP contribution in [-0.2, 0) is 13.1 Å². The standard InChI is InChI=1S/C25H26FN3O.ClH/c1-17-18(2)29(16-20-7-11-22(30-4)12-8-20)24-23(17)13-14-27-25(24)28(3)15-19-5-9-21(26)10-6-19;/h5-14H,15-16H2,1-4H3;1H. The average Bonchev–Trinajstić information content (AvgIpc) is 3.01. The first-order valence-electron chi connectivity index (χ1n) is 10.0. The normalized spacial score (nSPS) is 10.7. The van der Waals surface area contributed by atoms with Crippen LogP contribution in [0.4, 0.5) is 10.2 Å². The van der Waals surface area contributed by atoms with Gasteiger partial charge in [-0.2, -0.15) is 0 Å². The van der Waals surface area contributed by atoms with Crippen LogP contribution in [-0.4, -0.2) is 23.7 Å². The highest BCUT2D eigenvalue weighted by molar-refractivity contribution is 5.93. The van der Waals surface area contributed by atoms with Crippen molar-refractivity contribution < 1.29 is 9.13 Å². The van der Waals surface area contributed by atoms with Crippen molar-refractivity contribution in [3.8, 4) is 5.75 Å². The molecule has 4 aromatic rings. The minimum Gasteiger partial charge on any atom is -0.497 e. The molecule has 0 aliphatic carbocycles. The van der Waals surface area contributed by atoms with Gasteiger partial charge in [0.25, 0.3) is 0 Å². The molecule has 0 aliphatic heterocycles. The van der Waals surface area contributed by atoms with Crippen molar-refractivity contribution in [2.45, 2.75) is 26.9 Å². The van der Waals surface area contributed by atoms with Gasteiger partial charge in [-0.3, -0.25) is 0 Å². The van der Waals surface area contributed by atoms with E-state index in [1.165, 1.54) is 34.3 Å². The summed E-state index contributed by atoms with van der Waals surface area (Å²) >= 11 is 0. The fourth-order valence-electron chi connectivity index (χ4n) is 3.91. The monoisotopic (exact) mass is 439 g/mol. The lowest BCUT2D eigenvalue weighted by atomic mass is 10.2. The zero-order chi connectivity index (χ0) is 21.3. The maximum Gasteiger partial charge on any atom is 0.153 e. The average molecular weight is 440 g/mol. The zero-order valence-corrected chi connectivity index (χ0v) is 19.0. The number of ether oxygens (including phenoxy) is 1. The molecule has 0 bridgehead atoms. The number of halogens is 2. The maximum atomic E-state index is 13.3. The Morgan fingerprint density at radius 2 is 1.61 bits per heavy atom. The molecule has 2 aromatic heterocycles. The molecule has 0 fully saturated rings. The van der Waals surface area contributed by atoms with Crippen molar-refractivity contribution in [1.29, 1.82) is 0 Å². The van der Waals surface area contributed by atoms with E-state index >= 15 is 0 Å². The minimum atomic E-state index is -0.221. The number of benzene rings is 2. The van der Waals surface area contributed by atoms with Crippen LogP contribution in [0.5, 0.6) is 5.75 Å². The highest BCUT2D eigenvalue weighted by Gasteiger charge is 2.18. The first-order valence-corrected chi connectivity index (χ1v) is 10.0. The molecule has 0 radical (unpaired) electrons. The van der Waals surface area contributed by atoms with Gasteiger partial charge >= 0.3 is 0 Å². The van der Waals surface area contributed by atoms with Crippen LogP contribution in [0.15, 0.2) is 60.8 Å². The maximum absolute atomic E-state index is 13.3. The first-order chi connectivity index (χ1) is 14.5. The Balaban J connectivity index is 0.00000272. The van der Waals surface area contributed by atoms with Crippen molar-refractivity contribution >= 4 is 29.1 Å². The Bertz CT molecular complexity index is 1170. The van der Waals surface area contributed by atoms with Crippen molar-refractivity contribution in [3.05, 3.63) is 89.0 Å². The van der Waals surface area contributed by atoms with Crippen molar-refractivity contribution in [2.75, 3.05) is 19.1 Å². The molecular weight excluding hydrogens is 413 g/mol. The molecule has 0 spiro atoms. The van der Waals surface area contributed by atoms with Gasteiger partial charge in [0.1, 0.15) is 11.6 Å². The van der Waals surface area contributed by atoms with E-state index in [2.05, 4.69) is 41.5 Å². The second-order valence-electron chi connectivity index (χ2n) is 7.66. The van der Waals surface area contributed by atoms with Gasteiger partial charge in [0, 0.05) is 37.4 Å². The van der Waals surface area contributed by atoms with Crippen LogP contribution in [0.3, 0.4) is 0 Å². The summed E-state index contributed by atoms with van der Waals surface area (Å²) in [7, 11) is 3.71. The molecule has 2 heterocycles. The van der Waals surface area contributed by atoms with Crippen LogP contribution in [0.1, 0.15) is 22.4 Å². The summed E-state index contributed by atoms with van der Waals surface area (Å²) in [4.78, 5) is 6.84. The molecule has 4 nitrogen and oxygen atoms in total. The lowest BCUT2D eigenvalue weighted by Gasteiger charge is -2.21. The molecule has 31 heavy (non-hydrogen) atoms. The molecule has 0 saturated heterocycles. The lowest BCUT2D eigenvalue weighted by molar-refractivity contribution is 0.414. The second kappa shape index (κ2) is 9.40. The van der Waals surface area contributed by atoms with E-state index < -0.39 is 0 Å². The lowest BCUT2D eigenvalue weighted by Crippen LogP contribution is -2.19. The van der Waals surface area contributed by atoms with Gasteiger partial charge in [0.05, 0.1) is 12.6 Å². The van der Waals surface area contributed by atoms with Crippen LogP contribution in [0.2, 0.25) is 0 Å². The topological polar surface area (TPSA) is 30.3 Å². The van der Waals surface area contributed by atoms with E-state index in [1.807, 2.05) is 37.5 Å². The summed E-state index contributed by atoms with van der Waals surface area (Å²) in [5, 5.41) is 1.21. The molecule has 0 atom stereocenters. The van der Waals surface area contributed by atoms with E-state index in [1.54, 1.807) is 7.11 Å². The number of rotatable bonds is 6. The fraction of sp³-hybridized carbons (Fsp3) is 0.240. The molecule has 2 aromatic carbocycles. The van der Waals surface area contributed by atoms with Crippen LogP contribution >= 0.6 is 12.4 Å². The number of fused-ring (bicyclic) bond motifs is 1. The van der Waals surface area contributed by atoms with E-state index in [-0.39, 0.29) is 18.2 Å². The first kappa shape index (κ1) is 22.6. The Kier molecular flexibility index (Phi) is 6.86. The molecule has 4 rings (SSSR count). The predicted molar refractivity (Wildman–Crippen MR) is 127 cm³/mol. The highest BCUT2D eigenvalue weighted by Crippen LogP contribution is 2.32. The Morgan fingerprint density at radius 1 is 0.968 bits per heavy atom. The molecule has 0 amide bonds. The number of aromatic nitrogens is 2. The summed E-state index contributed by atoms with van der Waals surface area (Å²) in [6.07, 6.45) is 1.86. The molecule has 0 N–H and O–H groups in total. The summed E-state index contributed by atoms with van der Waals surface area (Å²) in [6, 6.07) is 16.9. The highest BCUT2D eigenvalue weighted by atomic mass is 35.5. The van der Waals surface area contributed by atoms with E-state index in [0.29, 0.717) is 6.54 Å². The third-order valence-corrected chi connectivity index (χ3v) is 5.72. The molecular formula is C25H27ClFN3O. The molecule has 0 aliphatic rings. The molecule has 0 saturated carbocycles. The minimum absolute atomic E-state index is 0. The summed E-state index contributed by atoms with van der Waals surface area (Å²) in [6.45, 7) is 5.72. The summed E-state index contributed by atoms with van der Waals surface area (Å²) < 4.78 is 20.9. The zero-order valence-electron chi connectivity index (χ0n) is 18.2. The number of hydrogen-bond donors (Lipinski definition) is 0.